The van der Waals surface area contributed by atoms with Gasteiger partial charge in [-0.1, -0.05) is 12.8 Å². The number of rotatable bonds is 5. The van der Waals surface area contributed by atoms with E-state index in [1.165, 1.54) is 24.6 Å². The highest BCUT2D eigenvalue weighted by molar-refractivity contribution is 8.00. The van der Waals surface area contributed by atoms with Crippen LogP contribution in [0, 0.1) is 5.92 Å². The Balaban J connectivity index is 0.00000220. The molecule has 1 aromatic carbocycles. The zero-order valence-corrected chi connectivity index (χ0v) is 13.6. The van der Waals surface area contributed by atoms with Gasteiger partial charge in [-0.2, -0.15) is 0 Å². The Morgan fingerprint density at radius 3 is 2.62 bits per heavy atom. The quantitative estimate of drug-likeness (QED) is 0.725. The molecule has 0 bridgehead atoms. The van der Waals surface area contributed by atoms with Crippen LogP contribution < -0.4 is 11.1 Å². The van der Waals surface area contributed by atoms with Gasteiger partial charge in [0, 0.05) is 10.9 Å². The molecule has 1 saturated carbocycles. The molecule has 118 valence electrons. The number of carbonyl (C=O) groups is 1. The first kappa shape index (κ1) is 18.1. The number of hydrogen-bond donors (Lipinski definition) is 3. The average Bonchev–Trinajstić information content (AvgIpc) is 2.47. The fraction of sp³-hybridized carbons (Fsp3) is 0.533. The van der Waals surface area contributed by atoms with Crippen molar-refractivity contribution in [2.24, 2.45) is 11.7 Å². The summed E-state index contributed by atoms with van der Waals surface area (Å²) in [4.78, 5) is 13.0. The summed E-state index contributed by atoms with van der Waals surface area (Å²) >= 11 is 1.48. The van der Waals surface area contributed by atoms with Crippen molar-refractivity contribution in [1.82, 2.24) is 5.32 Å². The molecule has 0 heterocycles. The normalized spacial score (nSPS) is 21.4. The van der Waals surface area contributed by atoms with Crippen molar-refractivity contribution in [1.29, 1.82) is 0 Å². The molecule has 1 fully saturated rings. The molecule has 0 aromatic heterocycles. The van der Waals surface area contributed by atoms with Gasteiger partial charge < -0.3 is 16.2 Å². The first-order chi connectivity index (χ1) is 9.69. The van der Waals surface area contributed by atoms with E-state index in [-0.39, 0.29) is 30.1 Å². The number of phenols is 1. The third-order valence-electron chi connectivity index (χ3n) is 3.76. The van der Waals surface area contributed by atoms with Gasteiger partial charge in [0.05, 0.1) is 5.75 Å². The number of hydrogen-bond acceptors (Lipinski definition) is 4. The summed E-state index contributed by atoms with van der Waals surface area (Å²) in [5, 5.41) is 12.3. The maximum atomic E-state index is 12.0. The Labute approximate surface area is 136 Å². The van der Waals surface area contributed by atoms with Crippen molar-refractivity contribution in [3.8, 4) is 5.75 Å². The third-order valence-corrected chi connectivity index (χ3v) is 4.78. The summed E-state index contributed by atoms with van der Waals surface area (Å²) in [6.07, 6.45) is 4.55. The van der Waals surface area contributed by atoms with Gasteiger partial charge in [-0.15, -0.1) is 24.2 Å². The van der Waals surface area contributed by atoms with Gasteiger partial charge in [-0.3, -0.25) is 4.79 Å². The van der Waals surface area contributed by atoms with E-state index >= 15 is 0 Å². The number of benzene rings is 1. The first-order valence-corrected chi connectivity index (χ1v) is 8.09. The van der Waals surface area contributed by atoms with Crippen LogP contribution in [0.15, 0.2) is 29.2 Å². The molecule has 4 N–H and O–H groups in total. The minimum absolute atomic E-state index is 0. The molecule has 4 nitrogen and oxygen atoms in total. The van der Waals surface area contributed by atoms with E-state index in [0.29, 0.717) is 18.2 Å². The van der Waals surface area contributed by atoms with Crippen LogP contribution in [0.1, 0.15) is 25.7 Å². The summed E-state index contributed by atoms with van der Waals surface area (Å²) < 4.78 is 0. The molecule has 6 heteroatoms. The summed E-state index contributed by atoms with van der Waals surface area (Å²) in [6.45, 7) is 0.649. The van der Waals surface area contributed by atoms with Crippen molar-refractivity contribution in [3.63, 3.8) is 0 Å². The van der Waals surface area contributed by atoms with E-state index in [0.717, 1.165) is 17.7 Å². The minimum Gasteiger partial charge on any atom is -0.508 e. The standard InChI is InChI=1S/C15H22N2O2S.ClH/c16-9-11-3-1-2-4-14(11)17-15(19)10-20-13-7-5-12(18)6-8-13;/h5-8,11,14,18H,1-4,9-10,16H2,(H,17,19);1H. The van der Waals surface area contributed by atoms with Gasteiger partial charge in [-0.05, 0) is 49.6 Å². The Morgan fingerprint density at radius 1 is 1.29 bits per heavy atom. The van der Waals surface area contributed by atoms with Gasteiger partial charge >= 0.3 is 0 Å². The van der Waals surface area contributed by atoms with E-state index < -0.39 is 0 Å². The van der Waals surface area contributed by atoms with E-state index in [1.54, 1.807) is 12.1 Å². The molecule has 1 aromatic rings. The van der Waals surface area contributed by atoms with Crippen LogP contribution in [-0.4, -0.2) is 29.4 Å². The summed E-state index contributed by atoms with van der Waals surface area (Å²) in [6, 6.07) is 7.13. The number of nitrogens with one attached hydrogen (secondary N) is 1. The molecule has 2 unspecified atom stereocenters. The predicted octanol–water partition coefficient (Wildman–Crippen LogP) is 2.54. The van der Waals surface area contributed by atoms with Crippen LogP contribution in [-0.2, 0) is 4.79 Å². The SMILES string of the molecule is Cl.NCC1CCCCC1NC(=O)CSc1ccc(O)cc1. The number of nitrogens with two attached hydrogens (primary N) is 1. The molecule has 0 aliphatic heterocycles. The van der Waals surface area contributed by atoms with Crippen molar-refractivity contribution in [3.05, 3.63) is 24.3 Å². The molecule has 1 aliphatic carbocycles. The van der Waals surface area contributed by atoms with Crippen molar-refractivity contribution in [2.75, 3.05) is 12.3 Å². The highest BCUT2D eigenvalue weighted by atomic mass is 35.5. The fourth-order valence-electron chi connectivity index (χ4n) is 2.62. The predicted molar refractivity (Wildman–Crippen MR) is 89.0 cm³/mol. The molecule has 21 heavy (non-hydrogen) atoms. The molecular formula is C15H23ClN2O2S. The summed E-state index contributed by atoms with van der Waals surface area (Å²) in [7, 11) is 0. The second-order valence-electron chi connectivity index (χ2n) is 5.24. The van der Waals surface area contributed by atoms with Crippen molar-refractivity contribution >= 4 is 30.1 Å². The molecule has 2 atom stereocenters. The maximum absolute atomic E-state index is 12.0. The van der Waals surface area contributed by atoms with E-state index in [2.05, 4.69) is 5.32 Å². The number of aromatic hydroxyl groups is 1. The molecule has 2 rings (SSSR count). The Bertz CT molecular complexity index is 442. The molecular weight excluding hydrogens is 308 g/mol. The number of thioether (sulfide) groups is 1. The second-order valence-corrected chi connectivity index (χ2v) is 6.29. The fourth-order valence-corrected chi connectivity index (χ4v) is 3.33. The summed E-state index contributed by atoms with van der Waals surface area (Å²) in [5.41, 5.74) is 5.77. The number of amides is 1. The Morgan fingerprint density at radius 2 is 1.95 bits per heavy atom. The van der Waals surface area contributed by atoms with Crippen LogP contribution in [0.2, 0.25) is 0 Å². The molecule has 1 aliphatic rings. The molecule has 0 radical (unpaired) electrons. The van der Waals surface area contributed by atoms with E-state index in [4.69, 9.17) is 5.73 Å². The van der Waals surface area contributed by atoms with Gasteiger partial charge in [0.2, 0.25) is 5.91 Å². The lowest BCUT2D eigenvalue weighted by Gasteiger charge is -2.31. The van der Waals surface area contributed by atoms with Gasteiger partial charge in [0.15, 0.2) is 0 Å². The maximum Gasteiger partial charge on any atom is 0.230 e. The van der Waals surface area contributed by atoms with E-state index in [9.17, 15) is 9.90 Å². The van der Waals surface area contributed by atoms with Crippen LogP contribution in [0.3, 0.4) is 0 Å². The van der Waals surface area contributed by atoms with Crippen LogP contribution in [0.25, 0.3) is 0 Å². The van der Waals surface area contributed by atoms with Crippen molar-refractivity contribution < 1.29 is 9.90 Å². The molecule has 0 spiro atoms. The zero-order chi connectivity index (χ0) is 14.4. The average molecular weight is 331 g/mol. The van der Waals surface area contributed by atoms with Crippen LogP contribution in [0.4, 0.5) is 0 Å². The van der Waals surface area contributed by atoms with Crippen LogP contribution >= 0.6 is 24.2 Å². The number of carbonyl (C=O) groups excluding carboxylic acids is 1. The number of phenolic OH excluding ortho intramolecular Hbond substituents is 1. The van der Waals surface area contributed by atoms with Crippen molar-refractivity contribution in [2.45, 2.75) is 36.6 Å². The molecule has 0 saturated heterocycles. The highest BCUT2D eigenvalue weighted by Gasteiger charge is 2.25. The zero-order valence-electron chi connectivity index (χ0n) is 12.0. The molecule has 1 amide bonds. The number of halogens is 1. The summed E-state index contributed by atoms with van der Waals surface area (Å²) in [5.74, 6) is 1.13. The third kappa shape index (κ3) is 5.77. The van der Waals surface area contributed by atoms with Gasteiger partial charge in [0.25, 0.3) is 0 Å². The Kier molecular flexibility index (Phi) is 7.93. The van der Waals surface area contributed by atoms with Crippen LogP contribution in [0.5, 0.6) is 5.75 Å². The second kappa shape index (κ2) is 9.18. The lowest BCUT2D eigenvalue weighted by atomic mass is 9.84. The largest absolute Gasteiger partial charge is 0.508 e. The first-order valence-electron chi connectivity index (χ1n) is 7.10. The smallest absolute Gasteiger partial charge is 0.230 e. The van der Waals surface area contributed by atoms with Gasteiger partial charge in [-0.25, -0.2) is 0 Å². The lowest BCUT2D eigenvalue weighted by molar-refractivity contribution is -0.119. The monoisotopic (exact) mass is 330 g/mol. The van der Waals surface area contributed by atoms with E-state index in [1.807, 2.05) is 12.1 Å². The minimum atomic E-state index is 0. The van der Waals surface area contributed by atoms with Gasteiger partial charge in [0.1, 0.15) is 5.75 Å². The lowest BCUT2D eigenvalue weighted by Crippen LogP contribution is -2.45. The Hall–Kier alpha value is -0.910. The highest BCUT2D eigenvalue weighted by Crippen LogP contribution is 2.24. The topological polar surface area (TPSA) is 75.3 Å².